The second-order valence-corrected chi connectivity index (χ2v) is 4.34. The molecule has 0 saturated carbocycles. The van der Waals surface area contributed by atoms with Crippen molar-refractivity contribution in [3.05, 3.63) is 34.3 Å². The Hall–Kier alpha value is -0.530. The molecule has 0 amide bonds. The fourth-order valence-electron chi connectivity index (χ4n) is 1.45. The molecule has 0 aliphatic heterocycles. The predicted octanol–water partition coefficient (Wildman–Crippen LogP) is 4.24. The van der Waals surface area contributed by atoms with Crippen molar-refractivity contribution in [3.63, 3.8) is 0 Å². The van der Waals surface area contributed by atoms with E-state index in [1.165, 1.54) is 0 Å². The molecule has 0 spiro atoms. The summed E-state index contributed by atoms with van der Waals surface area (Å²) in [5.74, 6) is 0.793. The molecule has 0 N–H and O–H groups in total. The first-order valence-electron chi connectivity index (χ1n) is 5.00. The molecule has 1 rings (SSSR count). The van der Waals surface area contributed by atoms with Gasteiger partial charge in [-0.05, 0) is 43.5 Å². The SMILES string of the molecule is Cc1cc(Cl)ccc1C(=O)CCCCCl. The van der Waals surface area contributed by atoms with Gasteiger partial charge in [-0.15, -0.1) is 11.6 Å². The first-order valence-corrected chi connectivity index (χ1v) is 5.91. The Morgan fingerprint density at radius 2 is 2.07 bits per heavy atom. The molecule has 0 fully saturated rings. The van der Waals surface area contributed by atoms with Gasteiger partial charge in [0.05, 0.1) is 0 Å². The zero-order valence-corrected chi connectivity index (χ0v) is 10.2. The normalized spacial score (nSPS) is 10.3. The third-order valence-corrected chi connectivity index (χ3v) is 2.78. The Morgan fingerprint density at radius 3 is 2.67 bits per heavy atom. The maximum absolute atomic E-state index is 11.8. The van der Waals surface area contributed by atoms with Crippen LogP contribution in [0.3, 0.4) is 0 Å². The Bertz CT molecular complexity index is 347. The number of hydrogen-bond donors (Lipinski definition) is 0. The second-order valence-electron chi connectivity index (χ2n) is 3.53. The molecule has 0 unspecified atom stereocenters. The molecule has 0 aliphatic rings. The van der Waals surface area contributed by atoms with E-state index in [9.17, 15) is 4.79 Å². The first kappa shape index (κ1) is 12.5. The number of ketones is 1. The van der Waals surface area contributed by atoms with Crippen molar-refractivity contribution in [3.8, 4) is 0 Å². The summed E-state index contributed by atoms with van der Waals surface area (Å²) in [6.45, 7) is 1.90. The Labute approximate surface area is 100 Å². The lowest BCUT2D eigenvalue weighted by Gasteiger charge is -2.04. The van der Waals surface area contributed by atoms with Crippen molar-refractivity contribution >= 4 is 29.0 Å². The third-order valence-electron chi connectivity index (χ3n) is 2.28. The van der Waals surface area contributed by atoms with Gasteiger partial charge < -0.3 is 0 Å². The van der Waals surface area contributed by atoms with Crippen LogP contribution in [-0.2, 0) is 0 Å². The molecule has 82 valence electrons. The molecule has 0 aromatic heterocycles. The summed E-state index contributed by atoms with van der Waals surface area (Å²) >= 11 is 11.4. The summed E-state index contributed by atoms with van der Waals surface area (Å²) in [6.07, 6.45) is 2.31. The Morgan fingerprint density at radius 1 is 1.33 bits per heavy atom. The van der Waals surface area contributed by atoms with Gasteiger partial charge in [0.25, 0.3) is 0 Å². The number of unbranched alkanes of at least 4 members (excludes halogenated alkanes) is 1. The van der Waals surface area contributed by atoms with Crippen LogP contribution < -0.4 is 0 Å². The maximum atomic E-state index is 11.8. The van der Waals surface area contributed by atoms with Gasteiger partial charge in [0.2, 0.25) is 0 Å². The van der Waals surface area contributed by atoms with Crippen molar-refractivity contribution in [1.29, 1.82) is 0 Å². The number of rotatable bonds is 5. The second kappa shape index (κ2) is 6.14. The fourth-order valence-corrected chi connectivity index (χ4v) is 1.87. The fraction of sp³-hybridized carbons (Fsp3) is 0.417. The van der Waals surface area contributed by atoms with E-state index in [4.69, 9.17) is 23.2 Å². The number of alkyl halides is 1. The largest absolute Gasteiger partial charge is 0.294 e. The zero-order chi connectivity index (χ0) is 11.3. The van der Waals surface area contributed by atoms with Crippen molar-refractivity contribution in [2.24, 2.45) is 0 Å². The van der Waals surface area contributed by atoms with Crippen LogP contribution in [0.1, 0.15) is 35.2 Å². The minimum atomic E-state index is 0.175. The van der Waals surface area contributed by atoms with Crippen LogP contribution in [0.4, 0.5) is 0 Å². The molecule has 0 radical (unpaired) electrons. The van der Waals surface area contributed by atoms with Gasteiger partial charge >= 0.3 is 0 Å². The summed E-state index contributed by atoms with van der Waals surface area (Å²) in [7, 11) is 0. The summed E-state index contributed by atoms with van der Waals surface area (Å²) in [5.41, 5.74) is 1.72. The van der Waals surface area contributed by atoms with E-state index in [1.54, 1.807) is 12.1 Å². The highest BCUT2D eigenvalue weighted by molar-refractivity contribution is 6.30. The lowest BCUT2D eigenvalue weighted by Crippen LogP contribution is -2.01. The number of carbonyl (C=O) groups excluding carboxylic acids is 1. The van der Waals surface area contributed by atoms with Gasteiger partial charge in [-0.1, -0.05) is 11.6 Å². The summed E-state index contributed by atoms with van der Waals surface area (Å²) < 4.78 is 0. The summed E-state index contributed by atoms with van der Waals surface area (Å²) in [4.78, 5) is 11.8. The lowest BCUT2D eigenvalue weighted by atomic mass is 10.0. The van der Waals surface area contributed by atoms with Crippen molar-refractivity contribution in [1.82, 2.24) is 0 Å². The maximum Gasteiger partial charge on any atom is 0.163 e. The molecule has 0 saturated heterocycles. The van der Waals surface area contributed by atoms with Gasteiger partial charge in [0.1, 0.15) is 0 Å². The van der Waals surface area contributed by atoms with Crippen LogP contribution in [0.25, 0.3) is 0 Å². The molecule has 3 heteroatoms. The van der Waals surface area contributed by atoms with E-state index in [-0.39, 0.29) is 5.78 Å². The zero-order valence-electron chi connectivity index (χ0n) is 8.72. The van der Waals surface area contributed by atoms with Gasteiger partial charge in [-0.2, -0.15) is 0 Å². The van der Waals surface area contributed by atoms with E-state index >= 15 is 0 Å². The monoisotopic (exact) mass is 244 g/mol. The molecule has 0 heterocycles. The number of hydrogen-bond acceptors (Lipinski definition) is 1. The highest BCUT2D eigenvalue weighted by Crippen LogP contribution is 2.17. The lowest BCUT2D eigenvalue weighted by molar-refractivity contribution is 0.0979. The molecular weight excluding hydrogens is 231 g/mol. The number of Topliss-reactive ketones (excluding diaryl/α,β-unsaturated/α-hetero) is 1. The number of aryl methyl sites for hydroxylation is 1. The molecule has 0 bridgehead atoms. The molecule has 0 aliphatic carbocycles. The van der Waals surface area contributed by atoms with Crippen LogP contribution in [0.2, 0.25) is 5.02 Å². The van der Waals surface area contributed by atoms with E-state index in [2.05, 4.69) is 0 Å². The summed E-state index contributed by atoms with van der Waals surface area (Å²) in [6, 6.07) is 5.36. The smallest absolute Gasteiger partial charge is 0.163 e. The van der Waals surface area contributed by atoms with Gasteiger partial charge in [0, 0.05) is 22.9 Å². The van der Waals surface area contributed by atoms with E-state index in [1.807, 2.05) is 13.0 Å². The molecule has 0 atom stereocenters. The minimum Gasteiger partial charge on any atom is -0.294 e. The molecule has 1 aromatic carbocycles. The topological polar surface area (TPSA) is 17.1 Å². The van der Waals surface area contributed by atoms with E-state index < -0.39 is 0 Å². The van der Waals surface area contributed by atoms with Gasteiger partial charge in [0.15, 0.2) is 5.78 Å². The quantitative estimate of drug-likeness (QED) is 0.430. The highest BCUT2D eigenvalue weighted by Gasteiger charge is 2.08. The van der Waals surface area contributed by atoms with Crippen LogP contribution in [0, 0.1) is 6.92 Å². The third kappa shape index (κ3) is 3.84. The van der Waals surface area contributed by atoms with Crippen molar-refractivity contribution in [2.75, 3.05) is 5.88 Å². The standard InChI is InChI=1S/C12H14Cl2O/c1-9-8-10(14)5-6-11(9)12(15)4-2-3-7-13/h5-6,8H,2-4,7H2,1H3. The summed E-state index contributed by atoms with van der Waals surface area (Å²) in [5, 5.41) is 0.671. The number of halogens is 2. The number of carbonyl (C=O) groups is 1. The van der Waals surface area contributed by atoms with E-state index in [0.717, 1.165) is 24.0 Å². The van der Waals surface area contributed by atoms with Crippen molar-refractivity contribution < 1.29 is 4.79 Å². The molecule has 1 nitrogen and oxygen atoms in total. The first-order chi connectivity index (χ1) is 7.15. The minimum absolute atomic E-state index is 0.175. The van der Waals surface area contributed by atoms with Crippen LogP contribution in [-0.4, -0.2) is 11.7 Å². The predicted molar refractivity (Wildman–Crippen MR) is 65.1 cm³/mol. The molecule has 1 aromatic rings. The number of benzene rings is 1. The van der Waals surface area contributed by atoms with Crippen LogP contribution >= 0.6 is 23.2 Å². The van der Waals surface area contributed by atoms with Crippen LogP contribution in [0.15, 0.2) is 18.2 Å². The molecule has 15 heavy (non-hydrogen) atoms. The average molecular weight is 245 g/mol. The Kier molecular flexibility index (Phi) is 5.13. The average Bonchev–Trinajstić information content (AvgIpc) is 2.17. The molecular formula is C12H14Cl2O. The Balaban J connectivity index is 2.65. The van der Waals surface area contributed by atoms with Crippen LogP contribution in [0.5, 0.6) is 0 Å². The van der Waals surface area contributed by atoms with Gasteiger partial charge in [-0.25, -0.2) is 0 Å². The highest BCUT2D eigenvalue weighted by atomic mass is 35.5. The van der Waals surface area contributed by atoms with Crippen molar-refractivity contribution in [2.45, 2.75) is 26.2 Å². The van der Waals surface area contributed by atoms with E-state index in [0.29, 0.717) is 17.3 Å². The van der Waals surface area contributed by atoms with Gasteiger partial charge in [-0.3, -0.25) is 4.79 Å².